The summed E-state index contributed by atoms with van der Waals surface area (Å²) in [5.41, 5.74) is 1.94. The first-order chi connectivity index (χ1) is 14.9. The first-order valence-electron chi connectivity index (χ1n) is 10.2. The molecule has 0 spiro atoms. The molecule has 3 aromatic rings. The highest BCUT2D eigenvalue weighted by atomic mass is 16.2. The van der Waals surface area contributed by atoms with Gasteiger partial charge in [-0.05, 0) is 37.1 Å². The Morgan fingerprint density at radius 2 is 1.58 bits per heavy atom. The number of nitrogens with zero attached hydrogens (tertiary/aromatic N) is 4. The van der Waals surface area contributed by atoms with Crippen LogP contribution in [0.4, 0.5) is 5.69 Å². The summed E-state index contributed by atoms with van der Waals surface area (Å²) in [5, 5.41) is 4.13. The van der Waals surface area contributed by atoms with E-state index in [0.717, 1.165) is 12.0 Å². The SMILES string of the molecule is CCn1nc(C(=O)N(C)c2ccccc2C(=O)N(C)CCc2ccccc2)ccc1=O. The van der Waals surface area contributed by atoms with E-state index in [4.69, 9.17) is 0 Å². The summed E-state index contributed by atoms with van der Waals surface area (Å²) in [6, 6.07) is 19.7. The van der Waals surface area contributed by atoms with Crippen molar-refractivity contribution >= 4 is 17.5 Å². The topological polar surface area (TPSA) is 75.5 Å². The predicted octanol–water partition coefficient (Wildman–Crippen LogP) is 2.85. The van der Waals surface area contributed by atoms with E-state index in [1.165, 1.54) is 21.7 Å². The van der Waals surface area contributed by atoms with Gasteiger partial charge in [0.1, 0.15) is 5.69 Å². The van der Waals surface area contributed by atoms with E-state index >= 15 is 0 Å². The molecule has 1 heterocycles. The van der Waals surface area contributed by atoms with Crippen LogP contribution in [0.1, 0.15) is 33.3 Å². The predicted molar refractivity (Wildman–Crippen MR) is 120 cm³/mol. The zero-order chi connectivity index (χ0) is 22.4. The van der Waals surface area contributed by atoms with Gasteiger partial charge in [0.15, 0.2) is 0 Å². The highest BCUT2D eigenvalue weighted by Crippen LogP contribution is 2.22. The average Bonchev–Trinajstić information content (AvgIpc) is 2.82. The third-order valence-electron chi connectivity index (χ3n) is 5.11. The Hall–Kier alpha value is -3.74. The molecule has 31 heavy (non-hydrogen) atoms. The minimum atomic E-state index is -0.394. The molecule has 0 atom stereocenters. The van der Waals surface area contributed by atoms with Crippen molar-refractivity contribution in [3.8, 4) is 0 Å². The Bertz CT molecular complexity index is 1120. The number of amides is 2. The molecular weight excluding hydrogens is 392 g/mol. The van der Waals surface area contributed by atoms with Gasteiger partial charge in [-0.2, -0.15) is 5.10 Å². The standard InChI is InChI=1S/C24H26N4O3/c1-4-28-22(29)15-14-20(25-28)24(31)27(3)21-13-9-8-12-19(21)23(30)26(2)17-16-18-10-6-5-7-11-18/h5-15H,4,16-17H2,1-3H3. The van der Waals surface area contributed by atoms with Crippen molar-refractivity contribution in [1.82, 2.24) is 14.7 Å². The lowest BCUT2D eigenvalue weighted by Crippen LogP contribution is -2.34. The molecule has 2 aromatic carbocycles. The van der Waals surface area contributed by atoms with E-state index in [1.807, 2.05) is 30.3 Å². The molecule has 0 radical (unpaired) electrons. The van der Waals surface area contributed by atoms with Crippen LogP contribution in [-0.4, -0.2) is 47.1 Å². The maximum atomic E-state index is 13.1. The first-order valence-corrected chi connectivity index (χ1v) is 10.2. The van der Waals surface area contributed by atoms with Crippen LogP contribution in [0.5, 0.6) is 0 Å². The summed E-state index contributed by atoms with van der Waals surface area (Å²) in [6.07, 6.45) is 0.739. The van der Waals surface area contributed by atoms with Gasteiger partial charge in [-0.1, -0.05) is 42.5 Å². The summed E-state index contributed by atoms with van der Waals surface area (Å²) < 4.78 is 1.23. The van der Waals surface area contributed by atoms with Crippen LogP contribution in [0.15, 0.2) is 71.5 Å². The van der Waals surface area contributed by atoms with E-state index in [1.54, 1.807) is 50.2 Å². The quantitative estimate of drug-likeness (QED) is 0.591. The fourth-order valence-electron chi connectivity index (χ4n) is 3.27. The van der Waals surface area contributed by atoms with Crippen molar-refractivity contribution in [1.29, 1.82) is 0 Å². The molecule has 0 saturated carbocycles. The molecule has 0 aliphatic carbocycles. The number of hydrogen-bond donors (Lipinski definition) is 0. The molecule has 0 aliphatic heterocycles. The van der Waals surface area contributed by atoms with Crippen LogP contribution in [0.25, 0.3) is 0 Å². The van der Waals surface area contributed by atoms with Crippen molar-refractivity contribution < 1.29 is 9.59 Å². The summed E-state index contributed by atoms with van der Waals surface area (Å²) in [7, 11) is 3.35. The van der Waals surface area contributed by atoms with Gasteiger partial charge >= 0.3 is 0 Å². The van der Waals surface area contributed by atoms with Crippen LogP contribution < -0.4 is 10.5 Å². The summed E-state index contributed by atoms with van der Waals surface area (Å²) >= 11 is 0. The molecule has 0 bridgehead atoms. The molecule has 160 valence electrons. The lowest BCUT2D eigenvalue weighted by atomic mass is 10.1. The Balaban J connectivity index is 1.81. The van der Waals surface area contributed by atoms with Gasteiger partial charge in [0.25, 0.3) is 17.4 Å². The third-order valence-corrected chi connectivity index (χ3v) is 5.11. The van der Waals surface area contributed by atoms with Crippen LogP contribution in [0.3, 0.4) is 0 Å². The highest BCUT2D eigenvalue weighted by molar-refractivity contribution is 6.09. The Kier molecular flexibility index (Phi) is 6.97. The van der Waals surface area contributed by atoms with Crippen molar-refractivity contribution in [2.24, 2.45) is 0 Å². The average molecular weight is 418 g/mol. The monoisotopic (exact) mass is 418 g/mol. The van der Waals surface area contributed by atoms with Gasteiger partial charge in [0, 0.05) is 33.3 Å². The molecule has 0 fully saturated rings. The van der Waals surface area contributed by atoms with Gasteiger partial charge < -0.3 is 9.80 Å². The van der Waals surface area contributed by atoms with E-state index in [0.29, 0.717) is 24.3 Å². The molecule has 0 aliphatic rings. The Morgan fingerprint density at radius 1 is 0.903 bits per heavy atom. The fraction of sp³-hybridized carbons (Fsp3) is 0.250. The van der Waals surface area contributed by atoms with E-state index in [9.17, 15) is 14.4 Å². The molecule has 2 amide bonds. The minimum Gasteiger partial charge on any atom is -0.341 e. The van der Waals surface area contributed by atoms with Crippen LogP contribution in [0.2, 0.25) is 0 Å². The lowest BCUT2D eigenvalue weighted by Gasteiger charge is -2.23. The van der Waals surface area contributed by atoms with Crippen molar-refractivity contribution in [2.45, 2.75) is 19.9 Å². The number of aromatic nitrogens is 2. The normalized spacial score (nSPS) is 10.5. The Labute approximate surface area is 181 Å². The summed E-state index contributed by atoms with van der Waals surface area (Å²) in [6.45, 7) is 2.70. The second-order valence-corrected chi connectivity index (χ2v) is 7.22. The highest BCUT2D eigenvalue weighted by Gasteiger charge is 2.22. The van der Waals surface area contributed by atoms with Gasteiger partial charge in [-0.25, -0.2) is 4.68 Å². The second-order valence-electron chi connectivity index (χ2n) is 7.22. The molecule has 7 heteroatoms. The summed E-state index contributed by atoms with van der Waals surface area (Å²) in [5.74, 6) is -0.563. The molecule has 0 N–H and O–H groups in total. The van der Waals surface area contributed by atoms with Gasteiger partial charge in [-0.15, -0.1) is 0 Å². The van der Waals surface area contributed by atoms with Crippen LogP contribution >= 0.6 is 0 Å². The number of carbonyl (C=O) groups excluding carboxylic acids is 2. The maximum Gasteiger partial charge on any atom is 0.278 e. The zero-order valence-corrected chi connectivity index (χ0v) is 18.0. The van der Waals surface area contributed by atoms with E-state index < -0.39 is 5.91 Å². The third kappa shape index (κ3) is 5.06. The molecule has 1 aromatic heterocycles. The first kappa shape index (κ1) is 22.0. The number of likely N-dealkylation sites (N-methyl/N-ethyl adjacent to an activating group) is 1. The molecular formula is C24H26N4O3. The fourth-order valence-corrected chi connectivity index (χ4v) is 3.27. The number of aryl methyl sites for hydroxylation is 1. The largest absolute Gasteiger partial charge is 0.341 e. The van der Waals surface area contributed by atoms with Crippen molar-refractivity contribution in [2.75, 3.05) is 25.5 Å². The molecule has 7 nitrogen and oxygen atoms in total. The molecule has 0 unspecified atom stereocenters. The van der Waals surface area contributed by atoms with Gasteiger partial charge in [-0.3, -0.25) is 14.4 Å². The van der Waals surface area contributed by atoms with E-state index in [-0.39, 0.29) is 17.2 Å². The maximum absolute atomic E-state index is 13.1. The zero-order valence-electron chi connectivity index (χ0n) is 18.0. The smallest absolute Gasteiger partial charge is 0.278 e. The molecule has 0 saturated heterocycles. The van der Waals surface area contributed by atoms with Crippen molar-refractivity contribution in [3.05, 3.63) is 93.9 Å². The number of para-hydroxylation sites is 1. The van der Waals surface area contributed by atoms with Crippen LogP contribution in [-0.2, 0) is 13.0 Å². The summed E-state index contributed by atoms with van der Waals surface area (Å²) in [4.78, 5) is 40.9. The minimum absolute atomic E-state index is 0.142. The number of anilines is 1. The van der Waals surface area contributed by atoms with Gasteiger partial charge in [0.05, 0.1) is 11.3 Å². The second kappa shape index (κ2) is 9.84. The number of carbonyl (C=O) groups is 2. The van der Waals surface area contributed by atoms with Crippen LogP contribution in [0, 0.1) is 0 Å². The number of hydrogen-bond acceptors (Lipinski definition) is 4. The Morgan fingerprint density at radius 3 is 2.29 bits per heavy atom. The molecule has 3 rings (SSSR count). The number of benzene rings is 2. The number of rotatable bonds is 7. The van der Waals surface area contributed by atoms with Crippen molar-refractivity contribution in [3.63, 3.8) is 0 Å². The lowest BCUT2D eigenvalue weighted by molar-refractivity contribution is 0.0797. The van der Waals surface area contributed by atoms with E-state index in [2.05, 4.69) is 5.10 Å². The van der Waals surface area contributed by atoms with Gasteiger partial charge in [0.2, 0.25) is 0 Å².